The Bertz CT molecular complexity index is 452. The molecule has 1 spiro atoms. The molecule has 0 unspecified atom stereocenters. The largest absolute Gasteiger partial charge is 0.370 e. The molecule has 0 amide bonds. The number of H-pyrrole nitrogens is 1. The number of anilines is 1. The molecule has 1 N–H and O–H groups in total. The molecule has 0 atom stereocenters. The van der Waals surface area contributed by atoms with E-state index in [0.29, 0.717) is 5.41 Å². The van der Waals surface area contributed by atoms with Gasteiger partial charge < -0.3 is 4.90 Å². The molecule has 2 aliphatic rings. The molecule has 1 aromatic rings. The number of hydrogen-bond donors (Lipinski definition) is 1. The number of aromatic nitrogens is 2. The average Bonchev–Trinajstić information content (AvgIpc) is 2.40. The van der Waals surface area contributed by atoms with Crippen molar-refractivity contribution in [2.45, 2.75) is 44.9 Å². The molecule has 2 fully saturated rings. The third kappa shape index (κ3) is 2.28. The fourth-order valence-corrected chi connectivity index (χ4v) is 3.58. The molecule has 1 saturated carbocycles. The summed E-state index contributed by atoms with van der Waals surface area (Å²) in [4.78, 5) is 13.6. The average molecular weight is 247 g/mol. The van der Waals surface area contributed by atoms with Crippen LogP contribution >= 0.6 is 0 Å². The van der Waals surface area contributed by atoms with Gasteiger partial charge in [0.1, 0.15) is 0 Å². The van der Waals surface area contributed by atoms with Crippen molar-refractivity contribution in [2.24, 2.45) is 5.41 Å². The lowest BCUT2D eigenvalue weighted by Gasteiger charge is -2.44. The molecule has 2 heterocycles. The number of aromatic amines is 1. The first-order chi connectivity index (χ1) is 8.77. The molecule has 98 valence electrons. The maximum atomic E-state index is 11.3. The second-order valence-corrected chi connectivity index (χ2v) is 5.85. The van der Waals surface area contributed by atoms with Crippen LogP contribution in [0.15, 0.2) is 17.1 Å². The highest BCUT2D eigenvalue weighted by Crippen LogP contribution is 2.44. The SMILES string of the molecule is O=c1cc(N2CCC3(CCCCC3)CC2)cn[nH]1. The predicted octanol–water partition coefficient (Wildman–Crippen LogP) is 2.32. The Kier molecular flexibility index (Phi) is 3.10. The van der Waals surface area contributed by atoms with Crippen molar-refractivity contribution in [3.8, 4) is 0 Å². The number of nitrogens with one attached hydrogen (secondary N) is 1. The third-order valence-electron chi connectivity index (χ3n) is 4.75. The summed E-state index contributed by atoms with van der Waals surface area (Å²) in [6.45, 7) is 2.15. The van der Waals surface area contributed by atoms with Crippen LogP contribution in [-0.2, 0) is 0 Å². The van der Waals surface area contributed by atoms with E-state index in [0.717, 1.165) is 18.8 Å². The molecule has 1 aliphatic heterocycles. The zero-order valence-corrected chi connectivity index (χ0v) is 10.8. The summed E-state index contributed by atoms with van der Waals surface area (Å²) in [5.74, 6) is 0. The summed E-state index contributed by atoms with van der Waals surface area (Å²) in [7, 11) is 0. The van der Waals surface area contributed by atoms with Gasteiger partial charge >= 0.3 is 0 Å². The van der Waals surface area contributed by atoms with Crippen molar-refractivity contribution >= 4 is 5.69 Å². The van der Waals surface area contributed by atoms with Crippen LogP contribution in [0.3, 0.4) is 0 Å². The molecule has 3 rings (SSSR count). The van der Waals surface area contributed by atoms with E-state index in [-0.39, 0.29) is 5.56 Å². The zero-order chi connectivity index (χ0) is 12.4. The van der Waals surface area contributed by atoms with Crippen LogP contribution in [0.1, 0.15) is 44.9 Å². The summed E-state index contributed by atoms with van der Waals surface area (Å²) in [5, 5.41) is 6.32. The molecular weight excluding hydrogens is 226 g/mol. The van der Waals surface area contributed by atoms with Crippen molar-refractivity contribution in [1.29, 1.82) is 0 Å². The van der Waals surface area contributed by atoms with Crippen LogP contribution in [-0.4, -0.2) is 23.3 Å². The first-order valence-corrected chi connectivity index (χ1v) is 7.07. The van der Waals surface area contributed by atoms with Gasteiger partial charge in [0.25, 0.3) is 5.56 Å². The lowest BCUT2D eigenvalue weighted by atomic mass is 9.68. The zero-order valence-electron chi connectivity index (χ0n) is 10.8. The fraction of sp³-hybridized carbons (Fsp3) is 0.714. The lowest BCUT2D eigenvalue weighted by molar-refractivity contribution is 0.144. The van der Waals surface area contributed by atoms with Gasteiger partial charge in [0.05, 0.1) is 11.9 Å². The predicted molar refractivity (Wildman–Crippen MR) is 71.8 cm³/mol. The first kappa shape index (κ1) is 11.8. The molecule has 0 aromatic carbocycles. The van der Waals surface area contributed by atoms with E-state index in [4.69, 9.17) is 0 Å². The maximum Gasteiger partial charge on any atom is 0.266 e. The van der Waals surface area contributed by atoms with E-state index >= 15 is 0 Å². The van der Waals surface area contributed by atoms with Crippen molar-refractivity contribution in [1.82, 2.24) is 10.2 Å². The normalized spacial score (nSPS) is 23.2. The minimum absolute atomic E-state index is 0.106. The number of piperidine rings is 1. The smallest absolute Gasteiger partial charge is 0.266 e. The van der Waals surface area contributed by atoms with Crippen molar-refractivity contribution in [3.05, 3.63) is 22.6 Å². The Balaban J connectivity index is 1.68. The van der Waals surface area contributed by atoms with E-state index < -0.39 is 0 Å². The highest BCUT2D eigenvalue weighted by atomic mass is 16.1. The van der Waals surface area contributed by atoms with Crippen molar-refractivity contribution in [3.63, 3.8) is 0 Å². The number of nitrogens with zero attached hydrogens (tertiary/aromatic N) is 2. The van der Waals surface area contributed by atoms with Crippen LogP contribution in [0, 0.1) is 5.41 Å². The highest BCUT2D eigenvalue weighted by Gasteiger charge is 2.35. The van der Waals surface area contributed by atoms with Crippen LogP contribution in [0.25, 0.3) is 0 Å². The second-order valence-electron chi connectivity index (χ2n) is 5.85. The minimum atomic E-state index is -0.106. The fourth-order valence-electron chi connectivity index (χ4n) is 3.58. The Morgan fingerprint density at radius 2 is 1.83 bits per heavy atom. The molecule has 0 radical (unpaired) electrons. The standard InChI is InChI=1S/C14H21N3O/c18-13-10-12(11-15-16-13)17-8-6-14(7-9-17)4-2-1-3-5-14/h10-11H,1-9H2,(H,16,18). The summed E-state index contributed by atoms with van der Waals surface area (Å²) in [6.07, 6.45) is 11.4. The molecule has 1 aromatic heterocycles. The Morgan fingerprint density at radius 1 is 1.11 bits per heavy atom. The molecule has 4 nitrogen and oxygen atoms in total. The topological polar surface area (TPSA) is 49.0 Å². The number of hydrogen-bond acceptors (Lipinski definition) is 3. The molecule has 18 heavy (non-hydrogen) atoms. The molecule has 1 aliphatic carbocycles. The Morgan fingerprint density at radius 3 is 2.50 bits per heavy atom. The molecule has 1 saturated heterocycles. The van der Waals surface area contributed by atoms with Crippen molar-refractivity contribution in [2.75, 3.05) is 18.0 Å². The van der Waals surface area contributed by atoms with E-state index in [1.807, 2.05) is 0 Å². The summed E-state index contributed by atoms with van der Waals surface area (Å²) < 4.78 is 0. The van der Waals surface area contributed by atoms with Gasteiger partial charge in [0, 0.05) is 19.2 Å². The molecular formula is C14H21N3O. The molecule has 0 bridgehead atoms. The monoisotopic (exact) mass is 247 g/mol. The van der Waals surface area contributed by atoms with E-state index in [1.165, 1.54) is 44.9 Å². The quantitative estimate of drug-likeness (QED) is 0.828. The van der Waals surface area contributed by atoms with E-state index in [9.17, 15) is 4.79 Å². The van der Waals surface area contributed by atoms with Gasteiger partial charge in [-0.1, -0.05) is 19.3 Å². The van der Waals surface area contributed by atoms with Gasteiger partial charge in [-0.25, -0.2) is 5.10 Å². The van der Waals surface area contributed by atoms with Gasteiger partial charge in [-0.15, -0.1) is 0 Å². The summed E-state index contributed by atoms with van der Waals surface area (Å²) in [5.41, 5.74) is 1.48. The van der Waals surface area contributed by atoms with Gasteiger partial charge in [0.2, 0.25) is 0 Å². The van der Waals surface area contributed by atoms with Crippen LogP contribution in [0.5, 0.6) is 0 Å². The highest BCUT2D eigenvalue weighted by molar-refractivity contribution is 5.43. The van der Waals surface area contributed by atoms with Crippen LogP contribution < -0.4 is 10.5 Å². The van der Waals surface area contributed by atoms with E-state index in [2.05, 4.69) is 15.1 Å². The summed E-state index contributed by atoms with van der Waals surface area (Å²) in [6, 6.07) is 1.66. The lowest BCUT2D eigenvalue weighted by Crippen LogP contribution is -2.41. The van der Waals surface area contributed by atoms with Gasteiger partial charge in [-0.3, -0.25) is 4.79 Å². The Labute approximate surface area is 107 Å². The maximum absolute atomic E-state index is 11.3. The second kappa shape index (κ2) is 4.75. The van der Waals surface area contributed by atoms with Gasteiger partial charge in [-0.05, 0) is 31.1 Å². The Hall–Kier alpha value is -1.32. The van der Waals surface area contributed by atoms with Crippen LogP contribution in [0.4, 0.5) is 5.69 Å². The molecule has 4 heteroatoms. The third-order valence-corrected chi connectivity index (χ3v) is 4.75. The number of rotatable bonds is 1. The van der Waals surface area contributed by atoms with Crippen LogP contribution in [0.2, 0.25) is 0 Å². The van der Waals surface area contributed by atoms with Crippen molar-refractivity contribution < 1.29 is 0 Å². The van der Waals surface area contributed by atoms with E-state index in [1.54, 1.807) is 12.3 Å². The minimum Gasteiger partial charge on any atom is -0.370 e. The van der Waals surface area contributed by atoms with Gasteiger partial charge in [-0.2, -0.15) is 5.10 Å². The first-order valence-electron chi connectivity index (χ1n) is 7.07. The van der Waals surface area contributed by atoms with Gasteiger partial charge in [0.15, 0.2) is 0 Å². The summed E-state index contributed by atoms with van der Waals surface area (Å²) >= 11 is 0.